The molecule has 0 saturated heterocycles. The SMILES string of the molecule is CC(C)(C)OC(=O)C1=C(O)[C@H](c2ccccc2)[C@@]2(O)CCC[C@@H]1C2. The molecule has 0 spiro atoms. The van der Waals surface area contributed by atoms with Crippen molar-refractivity contribution in [3.05, 3.63) is 47.2 Å². The van der Waals surface area contributed by atoms with Crippen LogP contribution in [0.2, 0.25) is 0 Å². The molecule has 3 rings (SSSR count). The maximum Gasteiger partial charge on any atom is 0.338 e. The van der Waals surface area contributed by atoms with E-state index in [1.54, 1.807) is 0 Å². The highest BCUT2D eigenvalue weighted by Crippen LogP contribution is 2.52. The summed E-state index contributed by atoms with van der Waals surface area (Å²) >= 11 is 0. The molecular weight excluding hydrogens is 304 g/mol. The zero-order chi connectivity index (χ0) is 17.5. The molecule has 0 aliphatic heterocycles. The minimum atomic E-state index is -1.00. The Balaban J connectivity index is 2.07. The van der Waals surface area contributed by atoms with Crippen LogP contribution in [-0.2, 0) is 9.53 Å². The van der Waals surface area contributed by atoms with Crippen molar-refractivity contribution >= 4 is 5.97 Å². The van der Waals surface area contributed by atoms with Crippen LogP contribution in [0, 0.1) is 5.92 Å². The van der Waals surface area contributed by atoms with Crippen LogP contribution in [0.5, 0.6) is 0 Å². The molecule has 0 unspecified atom stereocenters. The zero-order valence-corrected chi connectivity index (χ0v) is 14.6. The fraction of sp³-hybridized carbons (Fsp3) is 0.550. The number of benzene rings is 1. The van der Waals surface area contributed by atoms with Gasteiger partial charge in [0.1, 0.15) is 11.4 Å². The molecule has 24 heavy (non-hydrogen) atoms. The minimum absolute atomic E-state index is 0.0195. The highest BCUT2D eigenvalue weighted by Gasteiger charge is 2.51. The summed E-state index contributed by atoms with van der Waals surface area (Å²) in [6, 6.07) is 9.44. The molecule has 1 aromatic carbocycles. The Morgan fingerprint density at radius 1 is 1.25 bits per heavy atom. The maximum absolute atomic E-state index is 12.7. The largest absolute Gasteiger partial charge is 0.511 e. The summed E-state index contributed by atoms with van der Waals surface area (Å²) in [6.07, 6.45) is 2.76. The van der Waals surface area contributed by atoms with Crippen molar-refractivity contribution in [3.63, 3.8) is 0 Å². The molecule has 4 heteroatoms. The third-order valence-corrected chi connectivity index (χ3v) is 5.01. The Bertz CT molecular complexity index is 656. The zero-order valence-electron chi connectivity index (χ0n) is 14.6. The van der Waals surface area contributed by atoms with Gasteiger partial charge in [-0.15, -0.1) is 0 Å². The molecule has 0 radical (unpaired) electrons. The normalized spacial score (nSPS) is 30.2. The number of carbonyl (C=O) groups excluding carboxylic acids is 1. The summed E-state index contributed by atoms with van der Waals surface area (Å²) in [6.45, 7) is 5.45. The Kier molecular flexibility index (Phi) is 4.20. The van der Waals surface area contributed by atoms with Crippen molar-refractivity contribution < 1.29 is 19.7 Å². The molecule has 4 nitrogen and oxygen atoms in total. The van der Waals surface area contributed by atoms with Gasteiger partial charge in [-0.2, -0.15) is 0 Å². The van der Waals surface area contributed by atoms with Crippen LogP contribution in [0.3, 0.4) is 0 Å². The van der Waals surface area contributed by atoms with E-state index in [-0.39, 0.29) is 11.7 Å². The number of rotatable bonds is 2. The van der Waals surface area contributed by atoms with Crippen LogP contribution in [0.1, 0.15) is 57.9 Å². The lowest BCUT2D eigenvalue weighted by atomic mass is 9.62. The van der Waals surface area contributed by atoms with Crippen LogP contribution in [0.25, 0.3) is 0 Å². The van der Waals surface area contributed by atoms with Gasteiger partial charge in [0, 0.05) is 0 Å². The summed E-state index contributed by atoms with van der Waals surface area (Å²) in [4.78, 5) is 12.7. The fourth-order valence-corrected chi connectivity index (χ4v) is 4.13. The first-order valence-corrected chi connectivity index (χ1v) is 8.65. The van der Waals surface area contributed by atoms with Gasteiger partial charge < -0.3 is 14.9 Å². The second kappa shape index (κ2) is 5.92. The first-order valence-electron chi connectivity index (χ1n) is 8.65. The lowest BCUT2D eigenvalue weighted by molar-refractivity contribution is -0.152. The van der Waals surface area contributed by atoms with Crippen molar-refractivity contribution in [2.45, 2.75) is 63.6 Å². The highest BCUT2D eigenvalue weighted by molar-refractivity contribution is 5.90. The molecule has 0 aromatic heterocycles. The fourth-order valence-electron chi connectivity index (χ4n) is 4.13. The molecule has 0 heterocycles. The molecule has 3 atom stereocenters. The van der Waals surface area contributed by atoms with Crippen LogP contribution in [-0.4, -0.2) is 27.4 Å². The van der Waals surface area contributed by atoms with Gasteiger partial charge in [-0.3, -0.25) is 0 Å². The van der Waals surface area contributed by atoms with Crippen molar-refractivity contribution in [1.29, 1.82) is 0 Å². The molecule has 130 valence electrons. The van der Waals surface area contributed by atoms with E-state index in [4.69, 9.17) is 4.74 Å². The smallest absolute Gasteiger partial charge is 0.338 e. The summed E-state index contributed by atoms with van der Waals surface area (Å²) in [5, 5.41) is 22.1. The predicted octanol–water partition coefficient (Wildman–Crippen LogP) is 3.86. The number of aliphatic hydroxyl groups excluding tert-OH is 1. The molecule has 1 fully saturated rings. The Labute approximate surface area is 143 Å². The third-order valence-electron chi connectivity index (χ3n) is 5.01. The summed E-state index contributed by atoms with van der Waals surface area (Å²) in [7, 11) is 0. The van der Waals surface area contributed by atoms with Crippen molar-refractivity contribution in [2.24, 2.45) is 5.92 Å². The van der Waals surface area contributed by atoms with E-state index in [0.717, 1.165) is 18.4 Å². The number of aliphatic hydroxyl groups is 2. The average molecular weight is 330 g/mol. The quantitative estimate of drug-likeness (QED) is 0.808. The molecule has 2 bridgehead atoms. The van der Waals surface area contributed by atoms with Crippen molar-refractivity contribution in [1.82, 2.24) is 0 Å². The second-order valence-electron chi connectivity index (χ2n) is 8.04. The molecule has 2 aliphatic rings. The van der Waals surface area contributed by atoms with Gasteiger partial charge in [0.15, 0.2) is 0 Å². The van der Waals surface area contributed by atoms with Gasteiger partial charge in [-0.1, -0.05) is 30.3 Å². The van der Waals surface area contributed by atoms with E-state index in [0.29, 0.717) is 18.4 Å². The van der Waals surface area contributed by atoms with Crippen molar-refractivity contribution in [3.8, 4) is 0 Å². The summed E-state index contributed by atoms with van der Waals surface area (Å²) in [5.41, 5.74) is -0.434. The number of carbonyl (C=O) groups is 1. The van der Waals surface area contributed by atoms with Gasteiger partial charge in [0.2, 0.25) is 0 Å². The predicted molar refractivity (Wildman–Crippen MR) is 91.6 cm³/mol. The van der Waals surface area contributed by atoms with E-state index in [2.05, 4.69) is 0 Å². The molecule has 2 aliphatic carbocycles. The summed E-state index contributed by atoms with van der Waals surface area (Å²) in [5.74, 6) is -1.19. The van der Waals surface area contributed by atoms with Gasteiger partial charge in [0.25, 0.3) is 0 Å². The van der Waals surface area contributed by atoms with Crippen molar-refractivity contribution in [2.75, 3.05) is 0 Å². The van der Waals surface area contributed by atoms with Gasteiger partial charge in [-0.25, -0.2) is 4.79 Å². The monoisotopic (exact) mass is 330 g/mol. The van der Waals surface area contributed by atoms with E-state index >= 15 is 0 Å². The van der Waals surface area contributed by atoms with E-state index in [1.807, 2.05) is 51.1 Å². The molecule has 1 saturated carbocycles. The maximum atomic E-state index is 12.7. The van der Waals surface area contributed by atoms with E-state index < -0.39 is 23.1 Å². The van der Waals surface area contributed by atoms with E-state index in [9.17, 15) is 15.0 Å². The average Bonchev–Trinajstić information content (AvgIpc) is 2.45. The molecular formula is C20H26O4. The Morgan fingerprint density at radius 3 is 2.54 bits per heavy atom. The highest BCUT2D eigenvalue weighted by atomic mass is 16.6. The molecule has 0 amide bonds. The van der Waals surface area contributed by atoms with Gasteiger partial charge in [0.05, 0.1) is 17.1 Å². The lowest BCUT2D eigenvalue weighted by Crippen LogP contribution is -2.48. The Morgan fingerprint density at radius 2 is 1.92 bits per heavy atom. The first-order chi connectivity index (χ1) is 11.2. The van der Waals surface area contributed by atoms with Gasteiger partial charge >= 0.3 is 5.97 Å². The number of ether oxygens (including phenoxy) is 1. The van der Waals surface area contributed by atoms with Crippen LogP contribution >= 0.6 is 0 Å². The van der Waals surface area contributed by atoms with Crippen LogP contribution < -0.4 is 0 Å². The number of hydrogen-bond acceptors (Lipinski definition) is 4. The lowest BCUT2D eigenvalue weighted by Gasteiger charge is -2.47. The number of esters is 1. The van der Waals surface area contributed by atoms with Crippen LogP contribution in [0.15, 0.2) is 41.7 Å². The second-order valence-corrected chi connectivity index (χ2v) is 8.04. The number of fused-ring (bicyclic) bond motifs is 2. The third kappa shape index (κ3) is 3.07. The summed E-state index contributed by atoms with van der Waals surface area (Å²) < 4.78 is 5.52. The van der Waals surface area contributed by atoms with E-state index in [1.165, 1.54) is 0 Å². The first kappa shape index (κ1) is 17.0. The Hall–Kier alpha value is -1.81. The number of hydrogen-bond donors (Lipinski definition) is 2. The standard InChI is InChI=1S/C20H26O4/c1-19(2,3)24-18(22)15-14-10-7-11-20(23,12-14)16(17(15)21)13-8-5-4-6-9-13/h4-6,8-9,14,16,21,23H,7,10-12H2,1-3H3/t14-,16+,20-/m1/s1. The topological polar surface area (TPSA) is 66.8 Å². The van der Waals surface area contributed by atoms with Gasteiger partial charge in [-0.05, 0) is 57.9 Å². The molecule has 2 N–H and O–H groups in total. The van der Waals surface area contributed by atoms with Crippen LogP contribution in [0.4, 0.5) is 0 Å². The molecule has 1 aromatic rings. The minimum Gasteiger partial charge on any atom is -0.511 e.